The van der Waals surface area contributed by atoms with Gasteiger partial charge in [-0.15, -0.1) is 0 Å². The fourth-order valence-corrected chi connectivity index (χ4v) is 6.36. The van der Waals surface area contributed by atoms with Crippen LogP contribution in [0.3, 0.4) is 0 Å². The Balaban J connectivity index is 1.58. The van der Waals surface area contributed by atoms with Crippen LogP contribution in [0.1, 0.15) is 63.3 Å². The van der Waals surface area contributed by atoms with E-state index in [9.17, 15) is 19.5 Å². The molecule has 2 bridgehead atoms. The summed E-state index contributed by atoms with van der Waals surface area (Å²) in [5, 5.41) is 12.4. The fourth-order valence-electron chi connectivity index (χ4n) is 5.81. The number of esters is 1. The molecule has 0 saturated carbocycles. The van der Waals surface area contributed by atoms with Crippen molar-refractivity contribution in [1.82, 2.24) is 4.98 Å². The highest BCUT2D eigenvalue weighted by Gasteiger charge is 2.47. The van der Waals surface area contributed by atoms with Gasteiger partial charge in [-0.05, 0) is 79.5 Å². The maximum Gasteiger partial charge on any atom is 0.343 e. The van der Waals surface area contributed by atoms with E-state index in [1.165, 1.54) is 11.8 Å². The Morgan fingerprint density at radius 1 is 1.29 bits per heavy atom. The van der Waals surface area contributed by atoms with Crippen LogP contribution in [0.5, 0.6) is 5.75 Å². The van der Waals surface area contributed by atoms with Crippen LogP contribution in [-0.4, -0.2) is 51.5 Å². The zero-order chi connectivity index (χ0) is 27.0. The average Bonchev–Trinajstić information content (AvgIpc) is 3.05. The molecule has 1 N–H and O–H groups in total. The molecule has 1 aromatic heterocycles. The number of carbonyl (C=O) groups excluding carboxylic acids is 3. The van der Waals surface area contributed by atoms with Crippen LogP contribution < -0.4 is 4.74 Å². The number of ketones is 1. The first-order valence-corrected chi connectivity index (χ1v) is 14.3. The van der Waals surface area contributed by atoms with E-state index in [0.717, 1.165) is 57.6 Å². The maximum atomic E-state index is 13.7. The van der Waals surface area contributed by atoms with Gasteiger partial charge in [0, 0.05) is 35.1 Å². The quantitative estimate of drug-likeness (QED) is 0.400. The molecule has 1 aromatic carbocycles. The zero-order valence-electron chi connectivity index (χ0n) is 22.1. The van der Waals surface area contributed by atoms with E-state index in [4.69, 9.17) is 14.5 Å². The SMILES string of the molecule is CCc1c2c(nc3ccc(OCCCSC(C)=O)cc13)/C1=C/C3=C(COC(=O)[C@]3(O)CC)C(=O)C(CC1)C2. The molecule has 2 atom stereocenters. The van der Waals surface area contributed by atoms with Gasteiger partial charge in [-0.3, -0.25) is 9.59 Å². The van der Waals surface area contributed by atoms with Crippen LogP contribution in [-0.2, 0) is 32.0 Å². The van der Waals surface area contributed by atoms with Gasteiger partial charge in [0.15, 0.2) is 16.5 Å². The molecule has 2 aliphatic carbocycles. The Bertz CT molecular complexity index is 1390. The molecule has 2 heterocycles. The predicted molar refractivity (Wildman–Crippen MR) is 147 cm³/mol. The predicted octanol–water partition coefficient (Wildman–Crippen LogP) is 4.76. The average molecular weight is 536 g/mol. The number of pyridine rings is 1. The number of fused-ring (bicyclic) bond motifs is 6. The number of hydrogen-bond acceptors (Lipinski definition) is 8. The second-order valence-electron chi connectivity index (χ2n) is 10.1. The third kappa shape index (κ3) is 4.69. The molecule has 7 nitrogen and oxygen atoms in total. The van der Waals surface area contributed by atoms with E-state index in [1.54, 1.807) is 13.8 Å². The molecule has 3 aliphatic rings. The largest absolute Gasteiger partial charge is 0.494 e. The third-order valence-corrected chi connectivity index (χ3v) is 8.76. The van der Waals surface area contributed by atoms with Gasteiger partial charge in [0.05, 0.1) is 17.8 Å². The van der Waals surface area contributed by atoms with Gasteiger partial charge in [0.25, 0.3) is 0 Å². The van der Waals surface area contributed by atoms with Crippen LogP contribution in [0, 0.1) is 5.92 Å². The summed E-state index contributed by atoms with van der Waals surface area (Å²) in [4.78, 5) is 42.6. The van der Waals surface area contributed by atoms with Crippen molar-refractivity contribution in [2.24, 2.45) is 5.92 Å². The van der Waals surface area contributed by atoms with E-state index in [2.05, 4.69) is 6.92 Å². The molecule has 1 unspecified atom stereocenters. The van der Waals surface area contributed by atoms with E-state index >= 15 is 0 Å². The highest BCUT2D eigenvalue weighted by Crippen LogP contribution is 2.43. The fraction of sp³-hybridized carbons (Fsp3) is 0.467. The Morgan fingerprint density at radius 3 is 2.84 bits per heavy atom. The smallest absolute Gasteiger partial charge is 0.343 e. The number of allylic oxidation sites excluding steroid dienone is 1. The molecule has 200 valence electrons. The lowest BCUT2D eigenvalue weighted by Gasteiger charge is -2.34. The van der Waals surface area contributed by atoms with Crippen LogP contribution in [0.25, 0.3) is 16.5 Å². The van der Waals surface area contributed by atoms with Crippen LogP contribution in [0.4, 0.5) is 0 Å². The molecular weight excluding hydrogens is 502 g/mol. The number of Topliss-reactive ketones (excluding diaryl/α,β-unsaturated/α-hetero) is 1. The minimum absolute atomic E-state index is 0.0508. The Morgan fingerprint density at radius 2 is 2.11 bits per heavy atom. The van der Waals surface area contributed by atoms with Crippen molar-refractivity contribution >= 4 is 45.1 Å². The topological polar surface area (TPSA) is 103 Å². The number of carbonyl (C=O) groups is 3. The first-order valence-electron chi connectivity index (χ1n) is 13.4. The van der Waals surface area contributed by atoms with Gasteiger partial charge in [0.1, 0.15) is 12.4 Å². The second-order valence-corrected chi connectivity index (χ2v) is 11.4. The summed E-state index contributed by atoms with van der Waals surface area (Å²) in [6, 6.07) is 5.90. The molecule has 8 heteroatoms. The summed E-state index contributed by atoms with van der Waals surface area (Å²) in [5.41, 5.74) is 3.80. The molecule has 5 rings (SSSR count). The van der Waals surface area contributed by atoms with Crippen molar-refractivity contribution in [3.63, 3.8) is 0 Å². The summed E-state index contributed by atoms with van der Waals surface area (Å²) in [5.74, 6) is 0.455. The monoisotopic (exact) mass is 535 g/mol. The molecule has 0 amide bonds. The maximum absolute atomic E-state index is 13.7. The number of aryl methyl sites for hydroxylation is 1. The second kappa shape index (κ2) is 10.7. The number of ether oxygens (including phenoxy) is 2. The van der Waals surface area contributed by atoms with Crippen molar-refractivity contribution < 1.29 is 29.0 Å². The molecular formula is C30H33NO6S. The molecule has 38 heavy (non-hydrogen) atoms. The molecule has 0 radical (unpaired) electrons. The third-order valence-electron chi connectivity index (χ3n) is 7.86. The Labute approximate surface area is 226 Å². The van der Waals surface area contributed by atoms with Gasteiger partial charge in [-0.25, -0.2) is 9.78 Å². The summed E-state index contributed by atoms with van der Waals surface area (Å²) < 4.78 is 11.3. The van der Waals surface area contributed by atoms with Crippen molar-refractivity contribution in [2.75, 3.05) is 19.0 Å². The van der Waals surface area contributed by atoms with Gasteiger partial charge in [-0.2, -0.15) is 0 Å². The highest BCUT2D eigenvalue weighted by molar-refractivity contribution is 8.13. The van der Waals surface area contributed by atoms with Crippen LogP contribution in [0.15, 0.2) is 35.4 Å². The molecule has 2 aromatic rings. The van der Waals surface area contributed by atoms with Crippen molar-refractivity contribution in [3.05, 3.63) is 52.2 Å². The molecule has 0 spiro atoms. The Kier molecular flexibility index (Phi) is 7.47. The Hall–Kier alpha value is -2.97. The van der Waals surface area contributed by atoms with Crippen LogP contribution >= 0.6 is 11.8 Å². The number of hydrogen-bond donors (Lipinski definition) is 1. The lowest BCUT2D eigenvalue weighted by molar-refractivity contribution is -0.163. The van der Waals surface area contributed by atoms with E-state index in [1.807, 2.05) is 24.3 Å². The van der Waals surface area contributed by atoms with Crippen molar-refractivity contribution in [2.45, 2.75) is 64.9 Å². The van der Waals surface area contributed by atoms with E-state index in [0.29, 0.717) is 37.0 Å². The number of thioether (sulfide) groups is 1. The number of nitrogens with zero attached hydrogens (tertiary/aromatic N) is 1. The minimum Gasteiger partial charge on any atom is -0.494 e. The summed E-state index contributed by atoms with van der Waals surface area (Å²) in [6.07, 6.45) is 5.39. The summed E-state index contributed by atoms with van der Waals surface area (Å²) >= 11 is 1.30. The van der Waals surface area contributed by atoms with Gasteiger partial charge < -0.3 is 14.6 Å². The van der Waals surface area contributed by atoms with Gasteiger partial charge >= 0.3 is 5.97 Å². The minimum atomic E-state index is -1.83. The number of rotatable bonds is 7. The summed E-state index contributed by atoms with van der Waals surface area (Å²) in [7, 11) is 0. The first kappa shape index (κ1) is 26.6. The standard InChI is InChI=1S/C30H33NO6S/c1-4-21-22-15-20(36-11-6-12-38-17(3)32)9-10-26(22)31-27-18-7-8-19(13-23(21)27)28(33)24-16-37-29(34)30(35,5-2)25(24)14-18/h9-10,14-15,19,35H,4-8,11-13,16H2,1-3H3/b18-14+/t19?,30-/m0/s1. The number of benzene rings is 1. The lowest BCUT2D eigenvalue weighted by atomic mass is 9.78. The van der Waals surface area contributed by atoms with E-state index in [-0.39, 0.29) is 29.8 Å². The normalized spacial score (nSPS) is 24.1. The molecule has 1 aliphatic heterocycles. The van der Waals surface area contributed by atoms with Crippen molar-refractivity contribution in [3.8, 4) is 5.75 Å². The number of cyclic esters (lactones) is 1. The lowest BCUT2D eigenvalue weighted by Crippen LogP contribution is -2.47. The highest BCUT2D eigenvalue weighted by atomic mass is 32.2. The number of aliphatic hydroxyl groups is 1. The van der Waals surface area contributed by atoms with Gasteiger partial charge in [0.2, 0.25) is 0 Å². The van der Waals surface area contributed by atoms with Gasteiger partial charge in [-0.1, -0.05) is 25.6 Å². The zero-order valence-corrected chi connectivity index (χ0v) is 22.9. The summed E-state index contributed by atoms with van der Waals surface area (Å²) in [6.45, 7) is 5.82. The van der Waals surface area contributed by atoms with E-state index < -0.39 is 11.6 Å². The first-order chi connectivity index (χ1) is 18.3. The number of aromatic nitrogens is 1. The molecule has 0 fully saturated rings. The van der Waals surface area contributed by atoms with Crippen molar-refractivity contribution in [1.29, 1.82) is 0 Å². The molecule has 0 saturated heterocycles. The van der Waals surface area contributed by atoms with Crippen LogP contribution in [0.2, 0.25) is 0 Å².